The molecule has 68 valence electrons. The van der Waals surface area contributed by atoms with E-state index in [4.69, 9.17) is 0 Å². The zero-order valence-electron chi connectivity index (χ0n) is 7.79. The minimum atomic E-state index is 0.656. The Kier molecular flexibility index (Phi) is 1.66. The molecule has 1 aromatic carbocycles. The molecule has 1 N–H and O–H groups in total. The van der Waals surface area contributed by atoms with Gasteiger partial charge in [-0.25, -0.2) is 0 Å². The average molecular weight is 173 g/mol. The van der Waals surface area contributed by atoms with Crippen molar-refractivity contribution in [2.45, 2.75) is 37.8 Å². The number of nitrogens with one attached hydrogen (secondary N) is 1. The van der Waals surface area contributed by atoms with E-state index in [0.29, 0.717) is 12.1 Å². The van der Waals surface area contributed by atoms with Gasteiger partial charge >= 0.3 is 0 Å². The second kappa shape index (κ2) is 2.85. The lowest BCUT2D eigenvalue weighted by Gasteiger charge is -2.10. The molecule has 2 unspecified atom stereocenters. The number of fused-ring (bicyclic) bond motifs is 5. The topological polar surface area (TPSA) is 12.0 Å². The first-order valence-electron chi connectivity index (χ1n) is 5.30. The first kappa shape index (κ1) is 7.57. The fourth-order valence-electron chi connectivity index (χ4n) is 2.74. The van der Waals surface area contributed by atoms with Crippen LogP contribution in [0.4, 0.5) is 0 Å². The molecule has 1 fully saturated rings. The third kappa shape index (κ3) is 1.11. The molecule has 0 spiro atoms. The Morgan fingerprint density at radius 2 is 1.46 bits per heavy atom. The van der Waals surface area contributed by atoms with Crippen molar-refractivity contribution in [2.75, 3.05) is 0 Å². The quantitative estimate of drug-likeness (QED) is 0.636. The van der Waals surface area contributed by atoms with Crippen LogP contribution in [-0.4, -0.2) is 0 Å². The van der Waals surface area contributed by atoms with Crippen molar-refractivity contribution in [1.82, 2.24) is 5.32 Å². The predicted octanol–water partition coefficient (Wildman–Crippen LogP) is 2.95. The van der Waals surface area contributed by atoms with Gasteiger partial charge in [0.2, 0.25) is 0 Å². The van der Waals surface area contributed by atoms with Gasteiger partial charge in [-0.3, -0.25) is 0 Å². The summed E-state index contributed by atoms with van der Waals surface area (Å²) in [4.78, 5) is 0. The molecule has 13 heavy (non-hydrogen) atoms. The highest BCUT2D eigenvalue weighted by Crippen LogP contribution is 2.40. The summed E-state index contributed by atoms with van der Waals surface area (Å²) in [7, 11) is 0. The van der Waals surface area contributed by atoms with Gasteiger partial charge in [0, 0.05) is 12.1 Å². The van der Waals surface area contributed by atoms with Gasteiger partial charge in [0.1, 0.15) is 0 Å². The van der Waals surface area contributed by atoms with Gasteiger partial charge < -0.3 is 5.32 Å². The van der Waals surface area contributed by atoms with E-state index in [0.717, 1.165) is 0 Å². The van der Waals surface area contributed by atoms with Crippen LogP contribution in [0.1, 0.15) is 48.9 Å². The summed E-state index contributed by atoms with van der Waals surface area (Å²) in [6.07, 6.45) is 5.44. The van der Waals surface area contributed by atoms with Crippen LogP contribution in [0.2, 0.25) is 0 Å². The lowest BCUT2D eigenvalue weighted by molar-refractivity contribution is 0.505. The molecule has 1 saturated heterocycles. The third-order valence-corrected chi connectivity index (χ3v) is 3.38. The highest BCUT2D eigenvalue weighted by molar-refractivity contribution is 5.37. The Labute approximate surface area is 79.2 Å². The van der Waals surface area contributed by atoms with Gasteiger partial charge in [-0.15, -0.1) is 0 Å². The van der Waals surface area contributed by atoms with E-state index >= 15 is 0 Å². The first-order valence-corrected chi connectivity index (χ1v) is 5.30. The van der Waals surface area contributed by atoms with Crippen LogP contribution in [-0.2, 0) is 0 Å². The Morgan fingerprint density at radius 3 is 2.00 bits per heavy atom. The maximum atomic E-state index is 3.72. The number of hydrogen-bond acceptors (Lipinski definition) is 1. The molecule has 1 aromatic rings. The fourth-order valence-corrected chi connectivity index (χ4v) is 2.74. The molecule has 1 nitrogen and oxygen atoms in total. The van der Waals surface area contributed by atoms with E-state index in [-0.39, 0.29) is 0 Å². The third-order valence-electron chi connectivity index (χ3n) is 3.38. The zero-order chi connectivity index (χ0) is 8.67. The van der Waals surface area contributed by atoms with Gasteiger partial charge in [-0.1, -0.05) is 37.1 Å². The standard InChI is InChI=1S/C12H15N/c1-2-6-10-9(5-1)11-7-3-4-8-12(10)13-11/h1-2,5-6,11-13H,3-4,7-8H2. The van der Waals surface area contributed by atoms with Crippen molar-refractivity contribution in [3.8, 4) is 0 Å². The van der Waals surface area contributed by atoms with Crippen molar-refractivity contribution >= 4 is 0 Å². The van der Waals surface area contributed by atoms with Crippen LogP contribution in [0, 0.1) is 0 Å². The van der Waals surface area contributed by atoms with Crippen LogP contribution in [0.3, 0.4) is 0 Å². The van der Waals surface area contributed by atoms with E-state index in [1.165, 1.54) is 25.7 Å². The predicted molar refractivity (Wildman–Crippen MR) is 53.5 cm³/mol. The Bertz CT molecular complexity index is 288. The summed E-state index contributed by atoms with van der Waals surface area (Å²) in [6, 6.07) is 10.2. The van der Waals surface area contributed by atoms with Gasteiger partial charge in [0.05, 0.1) is 0 Å². The highest BCUT2D eigenvalue weighted by atomic mass is 15.0. The summed E-state index contributed by atoms with van der Waals surface area (Å²) >= 11 is 0. The largest absolute Gasteiger partial charge is 0.303 e. The lowest BCUT2D eigenvalue weighted by Crippen LogP contribution is -2.14. The molecule has 0 radical (unpaired) electrons. The molecule has 0 saturated carbocycles. The van der Waals surface area contributed by atoms with Crippen LogP contribution in [0.25, 0.3) is 0 Å². The average Bonchev–Trinajstić information content (AvgIpc) is 2.35. The summed E-state index contributed by atoms with van der Waals surface area (Å²) in [5.41, 5.74) is 3.12. The molecule has 2 heterocycles. The minimum Gasteiger partial charge on any atom is -0.303 e. The Balaban J connectivity index is 2.09. The fraction of sp³-hybridized carbons (Fsp3) is 0.500. The van der Waals surface area contributed by atoms with Crippen molar-refractivity contribution < 1.29 is 0 Å². The molecule has 0 aliphatic carbocycles. The molecule has 3 rings (SSSR count). The van der Waals surface area contributed by atoms with Gasteiger partial charge in [0.25, 0.3) is 0 Å². The van der Waals surface area contributed by atoms with E-state index in [1.807, 2.05) is 0 Å². The number of benzene rings is 1. The smallest absolute Gasteiger partial charge is 0.0329 e. The molecule has 2 aliphatic heterocycles. The van der Waals surface area contributed by atoms with Crippen LogP contribution < -0.4 is 5.32 Å². The first-order chi connectivity index (χ1) is 6.45. The maximum Gasteiger partial charge on any atom is 0.0329 e. The molecule has 1 heteroatoms. The van der Waals surface area contributed by atoms with Crippen LogP contribution >= 0.6 is 0 Å². The second-order valence-corrected chi connectivity index (χ2v) is 4.19. The van der Waals surface area contributed by atoms with Crippen LogP contribution in [0.15, 0.2) is 24.3 Å². The summed E-state index contributed by atoms with van der Waals surface area (Å²) < 4.78 is 0. The minimum absolute atomic E-state index is 0.656. The monoisotopic (exact) mass is 173 g/mol. The maximum absolute atomic E-state index is 3.72. The van der Waals surface area contributed by atoms with E-state index in [9.17, 15) is 0 Å². The molecule has 2 aliphatic rings. The summed E-state index contributed by atoms with van der Waals surface area (Å²) in [5.74, 6) is 0. The van der Waals surface area contributed by atoms with Gasteiger partial charge in [0.15, 0.2) is 0 Å². The molecule has 0 aromatic heterocycles. The SMILES string of the molecule is c1ccc2c(c1)C1CCCCC2N1. The van der Waals surface area contributed by atoms with Crippen molar-refractivity contribution in [3.05, 3.63) is 35.4 Å². The van der Waals surface area contributed by atoms with Crippen molar-refractivity contribution in [1.29, 1.82) is 0 Å². The normalized spacial score (nSPS) is 31.1. The highest BCUT2D eigenvalue weighted by Gasteiger charge is 2.30. The molecule has 2 atom stereocenters. The lowest BCUT2D eigenvalue weighted by atomic mass is 9.94. The molecular formula is C12H15N. The Hall–Kier alpha value is -0.820. The van der Waals surface area contributed by atoms with E-state index in [2.05, 4.69) is 29.6 Å². The van der Waals surface area contributed by atoms with E-state index in [1.54, 1.807) is 11.1 Å². The van der Waals surface area contributed by atoms with Gasteiger partial charge in [-0.05, 0) is 24.0 Å². The van der Waals surface area contributed by atoms with E-state index < -0.39 is 0 Å². The number of hydrogen-bond donors (Lipinski definition) is 1. The zero-order valence-corrected chi connectivity index (χ0v) is 7.79. The number of rotatable bonds is 0. The molecule has 2 bridgehead atoms. The summed E-state index contributed by atoms with van der Waals surface area (Å²) in [5, 5.41) is 3.72. The van der Waals surface area contributed by atoms with Crippen molar-refractivity contribution in [2.24, 2.45) is 0 Å². The van der Waals surface area contributed by atoms with Crippen LogP contribution in [0.5, 0.6) is 0 Å². The molecular weight excluding hydrogens is 158 g/mol. The second-order valence-electron chi connectivity index (χ2n) is 4.19. The molecule has 0 amide bonds. The Morgan fingerprint density at radius 1 is 0.923 bits per heavy atom. The summed E-state index contributed by atoms with van der Waals surface area (Å²) in [6.45, 7) is 0. The van der Waals surface area contributed by atoms with Gasteiger partial charge in [-0.2, -0.15) is 0 Å². The van der Waals surface area contributed by atoms with Crippen molar-refractivity contribution in [3.63, 3.8) is 0 Å².